The molecule has 3 aromatic carbocycles. The molecule has 2 atom stereocenters. The van der Waals surface area contributed by atoms with Crippen LogP contribution in [0.25, 0.3) is 0 Å². The molecule has 0 unspecified atom stereocenters. The maximum Gasteiger partial charge on any atom is 0.229 e. The van der Waals surface area contributed by atoms with E-state index < -0.39 is 12.0 Å². The number of carbonyl (C=O) groups is 2. The molecular formula is C30H32N2O8. The Morgan fingerprint density at radius 1 is 0.850 bits per heavy atom. The molecular weight excluding hydrogens is 516 g/mol. The number of benzene rings is 3. The molecule has 3 aromatic rings. The number of nitrogens with zero attached hydrogens (tertiary/aromatic N) is 1. The number of fused-ring (bicyclic) bond motifs is 1. The van der Waals surface area contributed by atoms with E-state index in [9.17, 15) is 9.59 Å². The maximum atomic E-state index is 13.9. The number of rotatable bonds is 8. The molecule has 2 aliphatic heterocycles. The zero-order chi connectivity index (χ0) is 28.2. The second-order valence-electron chi connectivity index (χ2n) is 9.36. The first-order valence-corrected chi connectivity index (χ1v) is 12.9. The summed E-state index contributed by atoms with van der Waals surface area (Å²) in [6.45, 7) is 0.924. The second-order valence-corrected chi connectivity index (χ2v) is 9.36. The largest absolute Gasteiger partial charge is 0.497 e. The van der Waals surface area contributed by atoms with Gasteiger partial charge in [0.15, 0.2) is 23.0 Å². The highest BCUT2D eigenvalue weighted by Gasteiger charge is 2.42. The number of piperidine rings is 1. The lowest BCUT2D eigenvalue weighted by molar-refractivity contribution is -0.125. The Hall–Kier alpha value is -4.60. The van der Waals surface area contributed by atoms with E-state index in [2.05, 4.69) is 5.32 Å². The van der Waals surface area contributed by atoms with Crippen LogP contribution in [0.15, 0.2) is 54.6 Å². The van der Waals surface area contributed by atoms with Gasteiger partial charge in [-0.25, -0.2) is 0 Å². The number of nitrogens with one attached hydrogen (secondary N) is 1. The van der Waals surface area contributed by atoms with E-state index in [1.54, 1.807) is 42.3 Å². The van der Waals surface area contributed by atoms with Crippen molar-refractivity contribution in [2.45, 2.75) is 18.9 Å². The summed E-state index contributed by atoms with van der Waals surface area (Å²) in [5.41, 5.74) is 1.89. The van der Waals surface area contributed by atoms with E-state index >= 15 is 0 Å². The van der Waals surface area contributed by atoms with E-state index in [0.717, 1.165) is 5.56 Å². The minimum atomic E-state index is -0.618. The fourth-order valence-electron chi connectivity index (χ4n) is 5.22. The lowest BCUT2D eigenvalue weighted by atomic mass is 9.83. The lowest BCUT2D eigenvalue weighted by Gasteiger charge is -2.41. The first kappa shape index (κ1) is 27.0. The molecule has 1 fully saturated rings. The third-order valence-corrected chi connectivity index (χ3v) is 7.13. The Labute approximate surface area is 232 Å². The molecule has 0 saturated carbocycles. The zero-order valence-electron chi connectivity index (χ0n) is 22.9. The van der Waals surface area contributed by atoms with Crippen molar-refractivity contribution in [2.75, 3.05) is 51.9 Å². The number of hydrogen-bond acceptors (Lipinski definition) is 8. The van der Waals surface area contributed by atoms with Crippen LogP contribution >= 0.6 is 0 Å². The molecule has 10 heteroatoms. The summed E-state index contributed by atoms with van der Waals surface area (Å²) in [7, 11) is 6.14. The van der Waals surface area contributed by atoms with Crippen LogP contribution in [-0.4, -0.2) is 53.5 Å². The van der Waals surface area contributed by atoms with Crippen molar-refractivity contribution >= 4 is 23.2 Å². The average Bonchev–Trinajstić information content (AvgIpc) is 3.00. The van der Waals surface area contributed by atoms with Gasteiger partial charge < -0.3 is 38.6 Å². The highest BCUT2D eigenvalue weighted by Crippen LogP contribution is 2.46. The monoisotopic (exact) mass is 548 g/mol. The number of carbonyl (C=O) groups excluding carboxylic acids is 2. The molecule has 5 rings (SSSR count). The molecule has 0 aromatic heterocycles. The van der Waals surface area contributed by atoms with Gasteiger partial charge >= 0.3 is 0 Å². The Balaban J connectivity index is 1.55. The number of methoxy groups -OCH3 is 4. The predicted octanol–water partition coefficient (Wildman–Crippen LogP) is 4.62. The Morgan fingerprint density at radius 2 is 1.52 bits per heavy atom. The van der Waals surface area contributed by atoms with Crippen LogP contribution in [0.2, 0.25) is 0 Å². The molecule has 0 aliphatic carbocycles. The standard InChI is InChI=1S/C30H32N2O8/c1-35-21-8-5-18(6-9-21)28-22(30(34)31-19-7-11-23-24(15-19)40-14-13-39-23)10-12-27(33)32(28)20-16-25(36-2)29(38-4)26(17-20)37-3/h5-9,11,15-17,22,28H,10,12-14H2,1-4H3,(H,31,34)/t22-,28+/m0/s1. The summed E-state index contributed by atoms with van der Waals surface area (Å²) in [5, 5.41) is 3.03. The van der Waals surface area contributed by atoms with Crippen LogP contribution in [-0.2, 0) is 9.59 Å². The third-order valence-electron chi connectivity index (χ3n) is 7.13. The Kier molecular flexibility index (Phi) is 7.86. The topological polar surface area (TPSA) is 105 Å². The predicted molar refractivity (Wildman–Crippen MR) is 148 cm³/mol. The fourth-order valence-corrected chi connectivity index (χ4v) is 5.22. The number of anilines is 2. The van der Waals surface area contributed by atoms with Crippen LogP contribution < -0.4 is 38.6 Å². The number of hydrogen-bond donors (Lipinski definition) is 1. The third kappa shape index (κ3) is 5.16. The van der Waals surface area contributed by atoms with Gasteiger partial charge in [0.05, 0.1) is 46.1 Å². The van der Waals surface area contributed by atoms with Crippen molar-refractivity contribution in [3.05, 3.63) is 60.2 Å². The van der Waals surface area contributed by atoms with Crippen molar-refractivity contribution in [3.8, 4) is 34.5 Å². The summed E-state index contributed by atoms with van der Waals surface area (Å²) in [5.74, 6) is 2.18. The van der Waals surface area contributed by atoms with Gasteiger partial charge in [0, 0.05) is 30.3 Å². The smallest absolute Gasteiger partial charge is 0.229 e. The van der Waals surface area contributed by atoms with Gasteiger partial charge in [-0.2, -0.15) is 0 Å². The lowest BCUT2D eigenvalue weighted by Crippen LogP contribution is -2.47. The van der Waals surface area contributed by atoms with Gasteiger partial charge in [-0.1, -0.05) is 12.1 Å². The Bertz CT molecular complexity index is 1370. The summed E-state index contributed by atoms with van der Waals surface area (Å²) in [4.78, 5) is 29.1. The van der Waals surface area contributed by atoms with Gasteiger partial charge in [-0.15, -0.1) is 0 Å². The molecule has 2 aliphatic rings. The molecule has 0 bridgehead atoms. The molecule has 40 heavy (non-hydrogen) atoms. The van der Waals surface area contributed by atoms with Crippen molar-refractivity contribution in [2.24, 2.45) is 5.92 Å². The Morgan fingerprint density at radius 3 is 2.15 bits per heavy atom. The van der Waals surface area contributed by atoms with Gasteiger partial charge in [0.2, 0.25) is 17.6 Å². The summed E-state index contributed by atoms with van der Waals surface area (Å²) < 4.78 is 33.2. The molecule has 2 heterocycles. The molecule has 1 saturated heterocycles. The zero-order valence-corrected chi connectivity index (χ0v) is 22.9. The van der Waals surface area contributed by atoms with Crippen LogP contribution in [0.3, 0.4) is 0 Å². The van der Waals surface area contributed by atoms with Gasteiger partial charge in [-0.3, -0.25) is 9.59 Å². The minimum absolute atomic E-state index is 0.126. The highest BCUT2D eigenvalue weighted by molar-refractivity contribution is 6.00. The fraction of sp³-hybridized carbons (Fsp3) is 0.333. The van der Waals surface area contributed by atoms with Crippen LogP contribution in [0, 0.1) is 5.92 Å². The number of amides is 2. The van der Waals surface area contributed by atoms with Gasteiger partial charge in [-0.05, 0) is 36.2 Å². The highest BCUT2D eigenvalue weighted by atomic mass is 16.6. The normalized spacial score (nSPS) is 18.1. The van der Waals surface area contributed by atoms with E-state index in [0.29, 0.717) is 65.5 Å². The van der Waals surface area contributed by atoms with Gasteiger partial charge in [0.1, 0.15) is 19.0 Å². The average molecular weight is 549 g/mol. The van der Waals surface area contributed by atoms with E-state index in [1.165, 1.54) is 21.3 Å². The van der Waals surface area contributed by atoms with Crippen molar-refractivity contribution < 1.29 is 38.0 Å². The minimum Gasteiger partial charge on any atom is -0.497 e. The summed E-state index contributed by atoms with van der Waals surface area (Å²) >= 11 is 0. The SMILES string of the molecule is COc1ccc([C@@H]2[C@@H](C(=O)Nc3ccc4c(c3)OCCO4)CCC(=O)N2c2cc(OC)c(OC)c(OC)c2)cc1. The van der Waals surface area contributed by atoms with E-state index in [4.69, 9.17) is 28.4 Å². The van der Waals surface area contributed by atoms with Crippen molar-refractivity contribution in [1.29, 1.82) is 0 Å². The maximum absolute atomic E-state index is 13.9. The first-order chi connectivity index (χ1) is 19.5. The molecule has 0 radical (unpaired) electrons. The van der Waals surface area contributed by atoms with Gasteiger partial charge in [0.25, 0.3) is 0 Å². The number of ether oxygens (including phenoxy) is 6. The van der Waals surface area contributed by atoms with Crippen LogP contribution in [0.5, 0.6) is 34.5 Å². The van der Waals surface area contributed by atoms with Crippen molar-refractivity contribution in [1.82, 2.24) is 0 Å². The summed E-state index contributed by atoms with van der Waals surface area (Å²) in [6.07, 6.45) is 0.551. The van der Waals surface area contributed by atoms with Crippen LogP contribution in [0.1, 0.15) is 24.4 Å². The molecule has 10 nitrogen and oxygen atoms in total. The van der Waals surface area contributed by atoms with Crippen LogP contribution in [0.4, 0.5) is 11.4 Å². The first-order valence-electron chi connectivity index (χ1n) is 12.9. The van der Waals surface area contributed by atoms with E-state index in [1.807, 2.05) is 24.3 Å². The molecule has 2 amide bonds. The molecule has 1 N–H and O–H groups in total. The quantitative estimate of drug-likeness (QED) is 0.435. The molecule has 210 valence electrons. The van der Waals surface area contributed by atoms with E-state index in [-0.39, 0.29) is 18.2 Å². The summed E-state index contributed by atoms with van der Waals surface area (Å²) in [6, 6.07) is 15.5. The molecule has 0 spiro atoms. The van der Waals surface area contributed by atoms with Crippen molar-refractivity contribution in [3.63, 3.8) is 0 Å². The second kappa shape index (κ2) is 11.6.